The molecule has 3 nitrogen and oxygen atoms in total. The number of allylic oxidation sites excluding steroid dienone is 8. The normalized spacial score (nSPS) is 28.1. The summed E-state index contributed by atoms with van der Waals surface area (Å²) >= 11 is 0. The van der Waals surface area contributed by atoms with E-state index in [0.717, 1.165) is 44.9 Å². The van der Waals surface area contributed by atoms with Crippen molar-refractivity contribution in [3.63, 3.8) is 0 Å². The van der Waals surface area contributed by atoms with E-state index in [9.17, 15) is 9.90 Å². The highest BCUT2D eigenvalue weighted by Gasteiger charge is 2.53. The van der Waals surface area contributed by atoms with Crippen LogP contribution in [-0.4, -0.2) is 25.5 Å². The second kappa shape index (κ2) is 10.5. The van der Waals surface area contributed by atoms with Crippen molar-refractivity contribution in [3.8, 4) is 0 Å². The van der Waals surface area contributed by atoms with Crippen LogP contribution in [0.2, 0.25) is 5.04 Å². The largest absolute Gasteiger partial charge is 0.481 e. The third-order valence-electron chi connectivity index (χ3n) is 8.03. The Kier molecular flexibility index (Phi) is 8.32. The number of carbonyl (C=O) groups is 1. The molecule has 33 heavy (non-hydrogen) atoms. The lowest BCUT2D eigenvalue weighted by atomic mass is 9.79. The van der Waals surface area contributed by atoms with E-state index in [-0.39, 0.29) is 11.1 Å². The number of carboxylic acids is 1. The first-order chi connectivity index (χ1) is 15.5. The summed E-state index contributed by atoms with van der Waals surface area (Å²) in [5.74, 6) is 0.427. The molecule has 0 saturated heterocycles. The Morgan fingerprint density at radius 1 is 1.18 bits per heavy atom. The Labute approximate surface area is 203 Å². The lowest BCUT2D eigenvalue weighted by Gasteiger charge is -2.49. The standard InChI is InChI=1S/C29H46O3Si/c1-22-12-10-17-26(20-22)33(28(2,3)4,25-15-8-7-9-16-25)32-24-14-11-13-23(21-24)18-19-29(5,6)27(30)31/h7-8,10,15,17,20,22-24H,9,11-14,16,18-19,21H2,1-6H3,(H,30,31). The van der Waals surface area contributed by atoms with Crippen LogP contribution in [0.25, 0.3) is 0 Å². The van der Waals surface area contributed by atoms with Crippen LogP contribution in [-0.2, 0) is 9.22 Å². The Bertz CT molecular complexity index is 826. The Morgan fingerprint density at radius 3 is 2.55 bits per heavy atom. The van der Waals surface area contributed by atoms with Crippen molar-refractivity contribution in [3.05, 3.63) is 46.8 Å². The topological polar surface area (TPSA) is 46.5 Å². The highest BCUT2D eigenvalue weighted by Crippen LogP contribution is 2.51. The van der Waals surface area contributed by atoms with Crippen LogP contribution in [0.5, 0.6) is 0 Å². The zero-order valence-corrected chi connectivity index (χ0v) is 22.8. The van der Waals surface area contributed by atoms with Crippen molar-refractivity contribution in [1.29, 1.82) is 0 Å². The first-order valence-corrected chi connectivity index (χ1v) is 15.0. The smallest absolute Gasteiger partial charge is 0.309 e. The molecule has 0 aromatic heterocycles. The molecule has 4 heteroatoms. The zero-order valence-electron chi connectivity index (χ0n) is 21.8. The van der Waals surface area contributed by atoms with Gasteiger partial charge in [0.1, 0.15) is 0 Å². The van der Waals surface area contributed by atoms with Gasteiger partial charge < -0.3 is 9.53 Å². The van der Waals surface area contributed by atoms with Gasteiger partial charge in [0, 0.05) is 6.10 Å². The average Bonchev–Trinajstić information content (AvgIpc) is 2.76. The molecule has 0 amide bonds. The molecule has 0 aliphatic heterocycles. The summed E-state index contributed by atoms with van der Waals surface area (Å²) in [5, 5.41) is 12.6. The number of rotatable bonds is 8. The predicted molar refractivity (Wildman–Crippen MR) is 140 cm³/mol. The van der Waals surface area contributed by atoms with Crippen LogP contribution in [0.15, 0.2) is 46.8 Å². The van der Waals surface area contributed by atoms with Gasteiger partial charge in [0.05, 0.1) is 5.41 Å². The molecule has 0 spiro atoms. The fraction of sp³-hybridized carbons (Fsp3) is 0.690. The van der Waals surface area contributed by atoms with E-state index in [1.807, 2.05) is 13.8 Å². The van der Waals surface area contributed by atoms with E-state index in [1.54, 1.807) is 0 Å². The molecule has 0 aromatic rings. The van der Waals surface area contributed by atoms with Gasteiger partial charge in [-0.15, -0.1) is 0 Å². The fourth-order valence-corrected chi connectivity index (χ4v) is 11.2. The van der Waals surface area contributed by atoms with Crippen molar-refractivity contribution in [1.82, 2.24) is 0 Å². The van der Waals surface area contributed by atoms with Crippen LogP contribution in [0.1, 0.15) is 99.3 Å². The highest BCUT2D eigenvalue weighted by molar-refractivity contribution is 6.90. The molecule has 0 heterocycles. The average molecular weight is 471 g/mol. The summed E-state index contributed by atoms with van der Waals surface area (Å²) < 4.78 is 7.48. The van der Waals surface area contributed by atoms with Gasteiger partial charge in [-0.3, -0.25) is 4.79 Å². The van der Waals surface area contributed by atoms with Gasteiger partial charge in [-0.05, 0) is 86.1 Å². The maximum atomic E-state index is 11.6. The second-order valence-electron chi connectivity index (χ2n) is 12.3. The molecule has 3 rings (SSSR count). The van der Waals surface area contributed by atoms with Gasteiger partial charge in [-0.25, -0.2) is 0 Å². The molecular formula is C29H46O3Si. The summed E-state index contributed by atoms with van der Waals surface area (Å²) in [7, 11) is -2.44. The van der Waals surface area contributed by atoms with E-state index in [0.29, 0.717) is 11.8 Å². The Balaban J connectivity index is 1.89. The number of hydrogen-bond acceptors (Lipinski definition) is 2. The van der Waals surface area contributed by atoms with E-state index in [4.69, 9.17) is 4.43 Å². The molecule has 1 saturated carbocycles. The van der Waals surface area contributed by atoms with Gasteiger partial charge >= 0.3 is 5.97 Å². The minimum atomic E-state index is -2.44. The lowest BCUT2D eigenvalue weighted by molar-refractivity contribution is -0.147. The molecule has 1 fully saturated rings. The molecule has 0 aromatic carbocycles. The number of hydrogen-bond donors (Lipinski definition) is 1. The second-order valence-corrected chi connectivity index (χ2v) is 16.6. The predicted octanol–water partition coefficient (Wildman–Crippen LogP) is 8.08. The Hall–Kier alpha value is -1.39. The molecule has 4 unspecified atom stereocenters. The minimum absolute atomic E-state index is 0.0511. The molecule has 184 valence electrons. The van der Waals surface area contributed by atoms with Crippen molar-refractivity contribution >= 4 is 14.3 Å². The third kappa shape index (κ3) is 6.00. The number of aliphatic carboxylic acids is 1. The first-order valence-electron chi connectivity index (χ1n) is 13.1. The summed E-state index contributed by atoms with van der Waals surface area (Å²) in [6.45, 7) is 13.2. The fourth-order valence-electron chi connectivity index (χ4n) is 5.92. The van der Waals surface area contributed by atoms with Crippen LogP contribution in [0.3, 0.4) is 0 Å². The van der Waals surface area contributed by atoms with Crippen molar-refractivity contribution in [2.45, 2.75) is 110 Å². The maximum absolute atomic E-state index is 11.6. The quantitative estimate of drug-likeness (QED) is 0.365. The van der Waals surface area contributed by atoms with Crippen molar-refractivity contribution in [2.75, 3.05) is 0 Å². The number of carboxylic acid groups (broad SMARTS) is 1. The summed E-state index contributed by atoms with van der Waals surface area (Å²) in [5.41, 5.74) is -0.648. The SMILES string of the molecule is CC1C=C([Si](OC2CCCC(CCC(C)(C)C(=O)O)C2)(C2=CC=CCC2)C(C)(C)C)C=CC1. The monoisotopic (exact) mass is 470 g/mol. The molecular weight excluding hydrogens is 424 g/mol. The highest BCUT2D eigenvalue weighted by atomic mass is 28.4. The summed E-state index contributed by atoms with van der Waals surface area (Å²) in [6, 6.07) is 0. The van der Waals surface area contributed by atoms with E-state index in [2.05, 4.69) is 64.2 Å². The van der Waals surface area contributed by atoms with E-state index in [1.165, 1.54) is 23.2 Å². The van der Waals surface area contributed by atoms with E-state index < -0.39 is 19.7 Å². The van der Waals surface area contributed by atoms with Gasteiger partial charge in [0.15, 0.2) is 0 Å². The third-order valence-corrected chi connectivity index (χ3v) is 13.3. The summed E-state index contributed by atoms with van der Waals surface area (Å²) in [6.07, 6.45) is 24.0. The molecule has 3 aliphatic carbocycles. The maximum Gasteiger partial charge on any atom is 0.309 e. The van der Waals surface area contributed by atoms with E-state index >= 15 is 0 Å². The molecule has 3 aliphatic rings. The van der Waals surface area contributed by atoms with Crippen molar-refractivity contribution < 1.29 is 14.3 Å². The van der Waals surface area contributed by atoms with Crippen LogP contribution in [0.4, 0.5) is 0 Å². The Morgan fingerprint density at radius 2 is 1.94 bits per heavy atom. The minimum Gasteiger partial charge on any atom is -0.481 e. The van der Waals surface area contributed by atoms with Crippen LogP contribution < -0.4 is 0 Å². The summed E-state index contributed by atoms with van der Waals surface area (Å²) in [4.78, 5) is 11.6. The van der Waals surface area contributed by atoms with Gasteiger partial charge in [-0.1, -0.05) is 77.0 Å². The lowest BCUT2D eigenvalue weighted by Crippen LogP contribution is -2.54. The van der Waals surface area contributed by atoms with Gasteiger partial charge in [0.25, 0.3) is 8.32 Å². The first kappa shape index (κ1) is 26.2. The molecule has 1 N–H and O–H groups in total. The zero-order chi connectivity index (χ0) is 24.3. The molecule has 4 atom stereocenters. The van der Waals surface area contributed by atoms with Crippen molar-refractivity contribution in [2.24, 2.45) is 17.3 Å². The van der Waals surface area contributed by atoms with Crippen LogP contribution >= 0.6 is 0 Å². The molecule has 0 bridgehead atoms. The molecule has 0 radical (unpaired) electrons. The van der Waals surface area contributed by atoms with Gasteiger partial charge in [-0.2, -0.15) is 0 Å². The van der Waals surface area contributed by atoms with Crippen LogP contribution in [0, 0.1) is 17.3 Å². The van der Waals surface area contributed by atoms with Gasteiger partial charge in [0.2, 0.25) is 0 Å².